The molecule has 2 aromatic carbocycles. The van der Waals surface area contributed by atoms with Crippen LogP contribution in [0.4, 0.5) is 5.69 Å². The van der Waals surface area contributed by atoms with Crippen LogP contribution in [0.1, 0.15) is 49.0 Å². The first kappa shape index (κ1) is 21.9. The number of ether oxygens (including phenoxy) is 1. The summed E-state index contributed by atoms with van der Waals surface area (Å²) in [6.07, 6.45) is 3.13. The molecule has 0 spiro atoms. The lowest BCUT2D eigenvalue weighted by atomic mass is 10.2. The van der Waals surface area contributed by atoms with Crippen molar-refractivity contribution in [2.24, 2.45) is 0 Å². The van der Waals surface area contributed by atoms with E-state index in [-0.39, 0.29) is 12.5 Å². The third-order valence-corrected chi connectivity index (χ3v) is 4.18. The fraction of sp³-hybridized carbons (Fsp3) is 0.318. The summed E-state index contributed by atoms with van der Waals surface area (Å²) in [5, 5.41) is 2.78. The van der Waals surface area contributed by atoms with Crippen LogP contribution in [-0.4, -0.2) is 24.3 Å². The van der Waals surface area contributed by atoms with E-state index in [9.17, 15) is 14.4 Å². The number of hydrazine groups is 1. The first-order valence-electron chi connectivity index (χ1n) is 9.72. The van der Waals surface area contributed by atoms with E-state index in [0.717, 1.165) is 24.8 Å². The maximum absolute atomic E-state index is 12.1. The van der Waals surface area contributed by atoms with Crippen molar-refractivity contribution in [2.75, 3.05) is 11.9 Å². The second-order valence-electron chi connectivity index (χ2n) is 6.52. The molecule has 0 radical (unpaired) electrons. The van der Waals surface area contributed by atoms with Gasteiger partial charge in [0, 0.05) is 17.7 Å². The van der Waals surface area contributed by atoms with E-state index >= 15 is 0 Å². The first-order chi connectivity index (χ1) is 14.0. The van der Waals surface area contributed by atoms with Gasteiger partial charge in [-0.1, -0.05) is 32.4 Å². The maximum atomic E-state index is 12.1. The minimum Gasteiger partial charge on any atom is -0.484 e. The van der Waals surface area contributed by atoms with Crippen LogP contribution in [0.15, 0.2) is 48.5 Å². The quantitative estimate of drug-likeness (QED) is 0.566. The van der Waals surface area contributed by atoms with Crippen molar-refractivity contribution in [2.45, 2.75) is 39.5 Å². The number of carbonyl (C=O) groups excluding carboxylic acids is 3. The number of rotatable bonds is 9. The number of hydrogen-bond donors (Lipinski definition) is 3. The van der Waals surface area contributed by atoms with Crippen LogP contribution in [0.2, 0.25) is 0 Å². The van der Waals surface area contributed by atoms with Gasteiger partial charge in [-0.2, -0.15) is 0 Å². The number of hydrogen-bond acceptors (Lipinski definition) is 4. The van der Waals surface area contributed by atoms with Gasteiger partial charge < -0.3 is 10.1 Å². The Balaban J connectivity index is 1.76. The third kappa shape index (κ3) is 7.65. The van der Waals surface area contributed by atoms with E-state index in [4.69, 9.17) is 4.74 Å². The lowest BCUT2D eigenvalue weighted by Gasteiger charge is -2.10. The molecule has 0 atom stereocenters. The highest BCUT2D eigenvalue weighted by atomic mass is 16.5. The van der Waals surface area contributed by atoms with Crippen molar-refractivity contribution in [1.82, 2.24) is 10.9 Å². The maximum Gasteiger partial charge on any atom is 0.276 e. The second-order valence-corrected chi connectivity index (χ2v) is 6.52. The van der Waals surface area contributed by atoms with Gasteiger partial charge in [-0.15, -0.1) is 0 Å². The molecular formula is C22H27N3O4. The predicted molar refractivity (Wildman–Crippen MR) is 112 cm³/mol. The molecule has 0 aliphatic carbocycles. The second kappa shape index (κ2) is 11.5. The molecule has 0 saturated heterocycles. The molecule has 7 heteroatoms. The van der Waals surface area contributed by atoms with Crippen molar-refractivity contribution in [1.29, 1.82) is 0 Å². The van der Waals surface area contributed by atoms with Gasteiger partial charge in [0.1, 0.15) is 5.75 Å². The Morgan fingerprint density at radius 1 is 0.931 bits per heavy atom. The Kier molecular flexibility index (Phi) is 8.69. The highest BCUT2D eigenvalue weighted by molar-refractivity contribution is 5.96. The van der Waals surface area contributed by atoms with E-state index in [1.54, 1.807) is 30.3 Å². The molecule has 0 unspecified atom stereocenters. The number of anilines is 1. The van der Waals surface area contributed by atoms with Crippen molar-refractivity contribution >= 4 is 23.4 Å². The van der Waals surface area contributed by atoms with Gasteiger partial charge in [-0.05, 0) is 54.8 Å². The summed E-state index contributed by atoms with van der Waals surface area (Å²) in [6.45, 7) is 3.85. The summed E-state index contributed by atoms with van der Waals surface area (Å²) < 4.78 is 5.43. The van der Waals surface area contributed by atoms with Crippen molar-refractivity contribution < 1.29 is 19.1 Å². The van der Waals surface area contributed by atoms with E-state index in [0.29, 0.717) is 23.4 Å². The van der Waals surface area contributed by atoms with Crippen LogP contribution in [0.25, 0.3) is 0 Å². The largest absolute Gasteiger partial charge is 0.484 e. The lowest BCUT2D eigenvalue weighted by molar-refractivity contribution is -0.123. The first-order valence-corrected chi connectivity index (χ1v) is 9.72. The van der Waals surface area contributed by atoms with Gasteiger partial charge in [0.15, 0.2) is 6.61 Å². The number of amides is 3. The molecule has 2 rings (SSSR count). The summed E-state index contributed by atoms with van der Waals surface area (Å²) in [5.74, 6) is -0.390. The minimum absolute atomic E-state index is 0.0548. The molecule has 0 heterocycles. The highest BCUT2D eigenvalue weighted by Crippen LogP contribution is 2.13. The van der Waals surface area contributed by atoms with Crippen LogP contribution >= 0.6 is 0 Å². The predicted octanol–water partition coefficient (Wildman–Crippen LogP) is 3.22. The molecule has 0 aliphatic rings. The monoisotopic (exact) mass is 397 g/mol. The summed E-state index contributed by atoms with van der Waals surface area (Å²) in [5.41, 5.74) is 6.74. The van der Waals surface area contributed by atoms with Gasteiger partial charge in [0.05, 0.1) is 0 Å². The molecular weight excluding hydrogens is 370 g/mol. The molecule has 3 amide bonds. The van der Waals surface area contributed by atoms with Crippen LogP contribution < -0.4 is 20.9 Å². The number of nitrogens with one attached hydrogen (secondary N) is 3. The molecule has 29 heavy (non-hydrogen) atoms. The zero-order valence-corrected chi connectivity index (χ0v) is 16.8. The van der Waals surface area contributed by atoms with Crippen molar-refractivity contribution in [3.05, 3.63) is 59.7 Å². The van der Waals surface area contributed by atoms with E-state index < -0.39 is 11.8 Å². The Labute approximate surface area is 170 Å². The van der Waals surface area contributed by atoms with Gasteiger partial charge >= 0.3 is 0 Å². The summed E-state index contributed by atoms with van der Waals surface area (Å²) >= 11 is 0. The molecule has 7 nitrogen and oxygen atoms in total. The lowest BCUT2D eigenvalue weighted by Crippen LogP contribution is -2.43. The van der Waals surface area contributed by atoms with E-state index in [1.807, 2.05) is 32.0 Å². The fourth-order valence-corrected chi connectivity index (χ4v) is 2.50. The van der Waals surface area contributed by atoms with Gasteiger partial charge in [-0.25, -0.2) is 0 Å². The van der Waals surface area contributed by atoms with Crippen LogP contribution in [0.3, 0.4) is 0 Å². The summed E-state index contributed by atoms with van der Waals surface area (Å²) in [4.78, 5) is 35.7. The highest BCUT2D eigenvalue weighted by Gasteiger charge is 2.09. The third-order valence-electron chi connectivity index (χ3n) is 4.18. The van der Waals surface area contributed by atoms with Crippen LogP contribution in [0.5, 0.6) is 5.75 Å². The topological polar surface area (TPSA) is 96.5 Å². The van der Waals surface area contributed by atoms with E-state index in [1.165, 1.54) is 0 Å². The zero-order valence-electron chi connectivity index (χ0n) is 16.8. The molecule has 0 aliphatic heterocycles. The van der Waals surface area contributed by atoms with Gasteiger partial charge in [0.2, 0.25) is 5.91 Å². The Hall–Kier alpha value is -3.35. The molecule has 3 N–H and O–H groups in total. The number of unbranched alkanes of at least 4 members (excludes halogenated alkanes) is 1. The average Bonchev–Trinajstić information content (AvgIpc) is 2.75. The normalized spacial score (nSPS) is 10.1. The van der Waals surface area contributed by atoms with Crippen LogP contribution in [0, 0.1) is 0 Å². The minimum atomic E-state index is -0.472. The van der Waals surface area contributed by atoms with E-state index in [2.05, 4.69) is 16.2 Å². The van der Waals surface area contributed by atoms with Crippen LogP contribution in [-0.2, 0) is 16.0 Å². The Morgan fingerprint density at radius 2 is 1.69 bits per heavy atom. The average molecular weight is 397 g/mol. The Bertz CT molecular complexity index is 834. The van der Waals surface area contributed by atoms with Crippen molar-refractivity contribution in [3.63, 3.8) is 0 Å². The molecule has 0 fully saturated rings. The molecule has 2 aromatic rings. The number of carbonyl (C=O) groups is 3. The summed E-state index contributed by atoms with van der Waals surface area (Å²) in [6, 6.07) is 13.9. The van der Waals surface area contributed by atoms with Gasteiger partial charge in [-0.3, -0.25) is 25.2 Å². The molecule has 0 aromatic heterocycles. The van der Waals surface area contributed by atoms with Gasteiger partial charge in [0.25, 0.3) is 11.8 Å². The number of aryl methyl sites for hydroxylation is 1. The molecule has 0 saturated carbocycles. The van der Waals surface area contributed by atoms with Crippen molar-refractivity contribution in [3.8, 4) is 5.75 Å². The smallest absolute Gasteiger partial charge is 0.276 e. The Morgan fingerprint density at radius 3 is 2.38 bits per heavy atom. The zero-order chi connectivity index (χ0) is 21.1. The standard InChI is InChI=1S/C22H27N3O4/c1-3-5-9-20(26)23-18-12-10-17(11-13-18)22(28)25-24-21(27)15-29-19-8-6-7-16(4-2)14-19/h6-8,10-14H,3-5,9,15H2,1-2H3,(H,23,26)(H,24,27)(H,25,28). The molecule has 0 bridgehead atoms. The summed E-state index contributed by atoms with van der Waals surface area (Å²) in [7, 11) is 0. The SMILES string of the molecule is CCCCC(=O)Nc1ccc(C(=O)NNC(=O)COc2cccc(CC)c2)cc1. The molecule has 154 valence electrons. The fourth-order valence-electron chi connectivity index (χ4n) is 2.50. The number of benzene rings is 2.